The Hall–Kier alpha value is -2.89. The van der Waals surface area contributed by atoms with Gasteiger partial charge in [0.05, 0.1) is 29.3 Å². The van der Waals surface area contributed by atoms with E-state index in [1.54, 1.807) is 24.3 Å². The molecule has 1 aliphatic rings. The third kappa shape index (κ3) is 2.06. The number of hydrogen-bond donors (Lipinski definition) is 1. The quantitative estimate of drug-likeness (QED) is 0.791. The SMILES string of the molecule is COc1ccc(F)c(-c2nc3cccc4c3n2CCNC4=O)c1. The summed E-state index contributed by atoms with van der Waals surface area (Å²) in [6.07, 6.45) is 0. The van der Waals surface area contributed by atoms with E-state index in [-0.39, 0.29) is 11.7 Å². The highest BCUT2D eigenvalue weighted by Crippen LogP contribution is 2.31. The van der Waals surface area contributed by atoms with Crippen LogP contribution in [0.15, 0.2) is 36.4 Å². The summed E-state index contributed by atoms with van der Waals surface area (Å²) >= 11 is 0. The molecule has 116 valence electrons. The largest absolute Gasteiger partial charge is 0.497 e. The molecule has 0 aliphatic carbocycles. The van der Waals surface area contributed by atoms with Gasteiger partial charge in [0, 0.05) is 13.1 Å². The van der Waals surface area contributed by atoms with Crippen LogP contribution in [0.3, 0.4) is 0 Å². The van der Waals surface area contributed by atoms with Gasteiger partial charge in [0.15, 0.2) is 0 Å². The van der Waals surface area contributed by atoms with Crippen molar-refractivity contribution in [2.75, 3.05) is 13.7 Å². The number of aromatic nitrogens is 2. The minimum Gasteiger partial charge on any atom is -0.497 e. The molecule has 4 rings (SSSR count). The second kappa shape index (κ2) is 5.08. The molecule has 1 aromatic heterocycles. The Morgan fingerprint density at radius 2 is 2.13 bits per heavy atom. The van der Waals surface area contributed by atoms with Gasteiger partial charge in [-0.1, -0.05) is 6.07 Å². The lowest BCUT2D eigenvalue weighted by Gasteiger charge is -2.09. The molecule has 0 saturated heterocycles. The average Bonchev–Trinajstić information content (AvgIpc) is 2.84. The lowest BCUT2D eigenvalue weighted by atomic mass is 10.1. The van der Waals surface area contributed by atoms with Crippen LogP contribution < -0.4 is 10.1 Å². The van der Waals surface area contributed by atoms with Crippen molar-refractivity contribution in [3.8, 4) is 17.1 Å². The lowest BCUT2D eigenvalue weighted by Crippen LogP contribution is -2.24. The first-order valence-corrected chi connectivity index (χ1v) is 7.30. The van der Waals surface area contributed by atoms with E-state index < -0.39 is 0 Å². The predicted molar refractivity (Wildman–Crippen MR) is 84.0 cm³/mol. The molecule has 2 heterocycles. The van der Waals surface area contributed by atoms with Crippen LogP contribution in [-0.2, 0) is 6.54 Å². The van der Waals surface area contributed by atoms with Gasteiger partial charge in [0.1, 0.15) is 17.4 Å². The summed E-state index contributed by atoms with van der Waals surface area (Å²) in [5.74, 6) is 0.555. The summed E-state index contributed by atoms with van der Waals surface area (Å²) in [5, 5.41) is 2.85. The summed E-state index contributed by atoms with van der Waals surface area (Å²) < 4.78 is 21.4. The van der Waals surface area contributed by atoms with Crippen molar-refractivity contribution in [3.05, 3.63) is 47.8 Å². The number of para-hydroxylation sites is 1. The van der Waals surface area contributed by atoms with E-state index in [2.05, 4.69) is 10.3 Å². The van der Waals surface area contributed by atoms with Gasteiger partial charge in [0.2, 0.25) is 0 Å². The van der Waals surface area contributed by atoms with Crippen LogP contribution in [0, 0.1) is 5.82 Å². The van der Waals surface area contributed by atoms with Crippen LogP contribution >= 0.6 is 0 Å². The van der Waals surface area contributed by atoms with Crippen LogP contribution in [0.4, 0.5) is 4.39 Å². The third-order valence-corrected chi connectivity index (χ3v) is 4.05. The number of halogens is 1. The number of nitrogens with zero attached hydrogens (tertiary/aromatic N) is 2. The molecule has 0 atom stereocenters. The zero-order valence-electron chi connectivity index (χ0n) is 12.5. The number of imidazole rings is 1. The smallest absolute Gasteiger partial charge is 0.253 e. The molecule has 0 radical (unpaired) electrons. The van der Waals surface area contributed by atoms with E-state index in [1.807, 2.05) is 10.6 Å². The molecule has 3 aromatic rings. The number of rotatable bonds is 2. The van der Waals surface area contributed by atoms with Crippen molar-refractivity contribution in [2.45, 2.75) is 6.54 Å². The van der Waals surface area contributed by atoms with Crippen molar-refractivity contribution < 1.29 is 13.9 Å². The van der Waals surface area contributed by atoms with Crippen LogP contribution in [0.25, 0.3) is 22.4 Å². The van der Waals surface area contributed by atoms with Crippen molar-refractivity contribution >= 4 is 16.9 Å². The molecule has 5 nitrogen and oxygen atoms in total. The van der Waals surface area contributed by atoms with E-state index in [9.17, 15) is 9.18 Å². The summed E-state index contributed by atoms with van der Waals surface area (Å²) in [6.45, 7) is 1.00. The van der Waals surface area contributed by atoms with Gasteiger partial charge >= 0.3 is 0 Å². The molecule has 1 N–H and O–H groups in total. The Bertz CT molecular complexity index is 933. The van der Waals surface area contributed by atoms with Crippen molar-refractivity contribution in [3.63, 3.8) is 0 Å². The Morgan fingerprint density at radius 1 is 1.26 bits per heavy atom. The van der Waals surface area contributed by atoms with Crippen molar-refractivity contribution in [1.82, 2.24) is 14.9 Å². The summed E-state index contributed by atoms with van der Waals surface area (Å²) in [5.41, 5.74) is 2.33. The van der Waals surface area contributed by atoms with Gasteiger partial charge in [-0.15, -0.1) is 0 Å². The Labute approximate surface area is 131 Å². The highest BCUT2D eigenvalue weighted by molar-refractivity contribution is 6.06. The highest BCUT2D eigenvalue weighted by atomic mass is 19.1. The van der Waals surface area contributed by atoms with Gasteiger partial charge < -0.3 is 14.6 Å². The first-order valence-electron chi connectivity index (χ1n) is 7.30. The molecule has 1 aliphatic heterocycles. The molecular weight excluding hydrogens is 297 g/mol. The molecule has 0 saturated carbocycles. The molecule has 2 aromatic carbocycles. The molecule has 1 amide bonds. The van der Waals surface area contributed by atoms with Crippen molar-refractivity contribution in [2.24, 2.45) is 0 Å². The molecule has 6 heteroatoms. The summed E-state index contributed by atoms with van der Waals surface area (Å²) in [7, 11) is 1.54. The molecule has 0 spiro atoms. The highest BCUT2D eigenvalue weighted by Gasteiger charge is 2.23. The number of carbonyl (C=O) groups excluding carboxylic acids is 1. The maximum atomic E-state index is 14.3. The van der Waals surface area contributed by atoms with Gasteiger partial charge in [-0.2, -0.15) is 0 Å². The standard InChI is InChI=1S/C17H14FN3O2/c1-23-10-5-6-13(18)12(9-10)16-20-14-4-2-3-11-15(14)21(16)8-7-19-17(11)22/h2-6,9H,7-8H2,1H3,(H,19,22). The van der Waals surface area contributed by atoms with Gasteiger partial charge in [-0.05, 0) is 30.3 Å². The van der Waals surface area contributed by atoms with E-state index in [4.69, 9.17) is 4.74 Å². The number of ether oxygens (including phenoxy) is 1. The van der Waals surface area contributed by atoms with Crippen LogP contribution in [0.5, 0.6) is 5.75 Å². The Kier molecular flexibility index (Phi) is 3.04. The van der Waals surface area contributed by atoms with Crippen molar-refractivity contribution in [1.29, 1.82) is 0 Å². The molecule has 0 fully saturated rings. The number of methoxy groups -OCH3 is 1. The third-order valence-electron chi connectivity index (χ3n) is 4.05. The average molecular weight is 311 g/mol. The number of hydrogen-bond acceptors (Lipinski definition) is 3. The monoisotopic (exact) mass is 311 g/mol. The first-order chi connectivity index (χ1) is 11.2. The lowest BCUT2D eigenvalue weighted by molar-refractivity contribution is 0.0956. The second-order valence-corrected chi connectivity index (χ2v) is 5.36. The fourth-order valence-electron chi connectivity index (χ4n) is 2.97. The minimum absolute atomic E-state index is 0.132. The normalized spacial score (nSPS) is 13.7. The van der Waals surface area contributed by atoms with Crippen LogP contribution in [-0.4, -0.2) is 29.1 Å². The number of amides is 1. The van der Waals surface area contributed by atoms with Gasteiger partial charge in [-0.25, -0.2) is 9.37 Å². The van der Waals surface area contributed by atoms with Gasteiger partial charge in [-0.3, -0.25) is 4.79 Å². The number of nitrogens with one attached hydrogen (secondary N) is 1. The first kappa shape index (κ1) is 13.8. The maximum Gasteiger partial charge on any atom is 0.253 e. The molecule has 23 heavy (non-hydrogen) atoms. The Balaban J connectivity index is 2.04. The van der Waals surface area contributed by atoms with E-state index >= 15 is 0 Å². The maximum absolute atomic E-state index is 14.3. The van der Waals surface area contributed by atoms with Gasteiger partial charge in [0.25, 0.3) is 5.91 Å². The fraction of sp³-hybridized carbons (Fsp3) is 0.176. The zero-order chi connectivity index (χ0) is 16.0. The zero-order valence-corrected chi connectivity index (χ0v) is 12.5. The second-order valence-electron chi connectivity index (χ2n) is 5.36. The predicted octanol–water partition coefficient (Wildman–Crippen LogP) is 2.59. The van der Waals surface area contributed by atoms with E-state index in [1.165, 1.54) is 13.2 Å². The summed E-state index contributed by atoms with van der Waals surface area (Å²) in [4.78, 5) is 16.7. The fourth-order valence-corrected chi connectivity index (χ4v) is 2.97. The minimum atomic E-state index is -0.373. The molecule has 0 bridgehead atoms. The number of benzene rings is 2. The molecule has 0 unspecified atom stereocenters. The topological polar surface area (TPSA) is 56.1 Å². The molecular formula is C17H14FN3O2. The van der Waals surface area contributed by atoms with E-state index in [0.29, 0.717) is 41.3 Å². The van der Waals surface area contributed by atoms with Crippen LogP contribution in [0.2, 0.25) is 0 Å². The summed E-state index contributed by atoms with van der Waals surface area (Å²) in [6, 6.07) is 9.93. The Morgan fingerprint density at radius 3 is 2.96 bits per heavy atom. The number of carbonyl (C=O) groups is 1. The van der Waals surface area contributed by atoms with Crippen LogP contribution in [0.1, 0.15) is 10.4 Å². The van der Waals surface area contributed by atoms with E-state index in [0.717, 1.165) is 5.52 Å².